The zero-order chi connectivity index (χ0) is 27.0. The van der Waals surface area contributed by atoms with Gasteiger partial charge in [0.25, 0.3) is 0 Å². The molecular weight excluding hydrogens is 470 g/mol. The first kappa shape index (κ1) is 26.5. The summed E-state index contributed by atoms with van der Waals surface area (Å²) in [6.45, 7) is 14.2. The van der Waals surface area contributed by atoms with Gasteiger partial charge in [0.1, 0.15) is 23.8 Å². The third kappa shape index (κ3) is 6.06. The van der Waals surface area contributed by atoms with Crippen LogP contribution in [0.25, 0.3) is 11.0 Å². The van der Waals surface area contributed by atoms with Gasteiger partial charge in [0.05, 0.1) is 6.10 Å². The number of benzene rings is 1. The van der Waals surface area contributed by atoms with Gasteiger partial charge in [-0.2, -0.15) is 4.98 Å². The number of nitrogens with one attached hydrogen (secondary N) is 1. The molecule has 8 nitrogen and oxygen atoms in total. The largest absolute Gasteiger partial charge is 0.473 e. The van der Waals surface area contributed by atoms with E-state index in [0.29, 0.717) is 30.4 Å². The average Bonchev–Trinajstić information content (AvgIpc) is 3.13. The van der Waals surface area contributed by atoms with Gasteiger partial charge in [-0.3, -0.25) is 4.79 Å². The van der Waals surface area contributed by atoms with Crippen LogP contribution in [0.4, 0.5) is 4.79 Å². The highest BCUT2D eigenvalue weighted by molar-refractivity contribution is 5.88. The fraction of sp³-hybridized carbons (Fsp3) is 0.483. The molecule has 0 spiro atoms. The van der Waals surface area contributed by atoms with Crippen molar-refractivity contribution in [2.24, 2.45) is 0 Å². The zero-order valence-electron chi connectivity index (χ0n) is 22.8. The smallest absolute Gasteiger partial charge is 0.410 e. The van der Waals surface area contributed by atoms with Crippen LogP contribution in [0.3, 0.4) is 0 Å². The molecule has 3 heterocycles. The highest BCUT2D eigenvalue weighted by Gasteiger charge is 2.43. The number of aromatic amines is 1. The van der Waals surface area contributed by atoms with Crippen molar-refractivity contribution >= 4 is 23.1 Å². The highest BCUT2D eigenvalue weighted by Crippen LogP contribution is 2.41. The van der Waals surface area contributed by atoms with E-state index in [1.165, 1.54) is 0 Å². The van der Waals surface area contributed by atoms with Crippen molar-refractivity contribution in [3.8, 4) is 5.88 Å². The molecule has 0 bridgehead atoms. The second kappa shape index (κ2) is 10.1. The van der Waals surface area contributed by atoms with Crippen molar-refractivity contribution in [1.82, 2.24) is 14.9 Å². The molecule has 1 aromatic carbocycles. The number of H-pyrrole nitrogens is 1. The molecule has 1 atom stereocenters. The molecule has 0 fully saturated rings. The van der Waals surface area contributed by atoms with Gasteiger partial charge in [0, 0.05) is 35.7 Å². The molecule has 0 radical (unpaired) electrons. The maximum Gasteiger partial charge on any atom is 0.410 e. The predicted molar refractivity (Wildman–Crippen MR) is 142 cm³/mol. The van der Waals surface area contributed by atoms with Crippen LogP contribution >= 0.6 is 0 Å². The van der Waals surface area contributed by atoms with Crippen molar-refractivity contribution in [3.63, 3.8) is 0 Å². The van der Waals surface area contributed by atoms with E-state index >= 15 is 0 Å². The zero-order valence-corrected chi connectivity index (χ0v) is 22.8. The van der Waals surface area contributed by atoms with Gasteiger partial charge in [-0.15, -0.1) is 0 Å². The Morgan fingerprint density at radius 1 is 1.14 bits per heavy atom. The van der Waals surface area contributed by atoms with E-state index in [-0.39, 0.29) is 12.6 Å². The first-order valence-electron chi connectivity index (χ1n) is 12.7. The molecule has 1 aliphatic heterocycles. The van der Waals surface area contributed by atoms with E-state index < -0.39 is 29.0 Å². The third-order valence-corrected chi connectivity index (χ3v) is 6.19. The summed E-state index contributed by atoms with van der Waals surface area (Å²) in [6.07, 6.45) is -0.741. The van der Waals surface area contributed by atoms with E-state index in [9.17, 15) is 9.59 Å². The van der Waals surface area contributed by atoms with Gasteiger partial charge in [-0.05, 0) is 51.8 Å². The Morgan fingerprint density at radius 3 is 2.49 bits per heavy atom. The normalized spacial score (nSPS) is 17.3. The van der Waals surface area contributed by atoms with E-state index in [4.69, 9.17) is 19.2 Å². The molecule has 0 saturated heterocycles. The van der Waals surface area contributed by atoms with Crippen molar-refractivity contribution in [1.29, 1.82) is 0 Å². The molecule has 1 N–H and O–H groups in total. The SMILES string of the molecule is CC(C)OC(=O)C1CN(C(=O)OC(C)(C)C)CC(C)(C)c2c1[nH]c1nc(OCc3ccccc3)ccc21. The second-order valence-corrected chi connectivity index (χ2v) is 11.5. The molecule has 8 heteroatoms. The fourth-order valence-electron chi connectivity index (χ4n) is 4.78. The third-order valence-electron chi connectivity index (χ3n) is 6.19. The van der Waals surface area contributed by atoms with Gasteiger partial charge in [0.15, 0.2) is 0 Å². The van der Waals surface area contributed by atoms with Gasteiger partial charge >= 0.3 is 12.1 Å². The lowest BCUT2D eigenvalue weighted by Crippen LogP contribution is -2.44. The number of pyridine rings is 1. The number of nitrogens with zero attached hydrogens (tertiary/aromatic N) is 2. The molecule has 37 heavy (non-hydrogen) atoms. The van der Waals surface area contributed by atoms with Crippen LogP contribution in [0, 0.1) is 0 Å². The van der Waals surface area contributed by atoms with Crippen molar-refractivity contribution in [2.45, 2.75) is 78.1 Å². The highest BCUT2D eigenvalue weighted by atomic mass is 16.6. The van der Waals surface area contributed by atoms with Crippen LogP contribution in [0.1, 0.15) is 71.2 Å². The van der Waals surface area contributed by atoms with Crippen LogP contribution in [0.2, 0.25) is 0 Å². The van der Waals surface area contributed by atoms with Crippen LogP contribution in [0.15, 0.2) is 42.5 Å². The number of amides is 1. The molecule has 1 amide bonds. The Hall–Kier alpha value is -3.55. The Kier molecular flexibility index (Phi) is 7.22. The van der Waals surface area contributed by atoms with Crippen molar-refractivity contribution < 1.29 is 23.8 Å². The quantitative estimate of drug-likeness (QED) is 0.445. The molecule has 3 aromatic rings. The van der Waals surface area contributed by atoms with Crippen molar-refractivity contribution in [2.75, 3.05) is 13.1 Å². The summed E-state index contributed by atoms with van der Waals surface area (Å²) < 4.78 is 17.2. The average molecular weight is 508 g/mol. The van der Waals surface area contributed by atoms with Gasteiger partial charge < -0.3 is 24.1 Å². The van der Waals surface area contributed by atoms with Gasteiger partial charge in [-0.25, -0.2) is 4.79 Å². The lowest BCUT2D eigenvalue weighted by atomic mass is 9.81. The Bertz CT molecular complexity index is 1270. The maximum atomic E-state index is 13.3. The predicted octanol–water partition coefficient (Wildman–Crippen LogP) is 5.71. The van der Waals surface area contributed by atoms with Crippen LogP contribution in [-0.2, 0) is 26.3 Å². The molecule has 2 aromatic heterocycles. The fourth-order valence-corrected chi connectivity index (χ4v) is 4.78. The van der Waals surface area contributed by atoms with E-state index in [1.54, 1.807) is 4.90 Å². The molecule has 198 valence electrons. The Morgan fingerprint density at radius 2 is 1.84 bits per heavy atom. The summed E-state index contributed by atoms with van der Waals surface area (Å²) in [5.74, 6) is -0.619. The molecule has 1 unspecified atom stereocenters. The summed E-state index contributed by atoms with van der Waals surface area (Å²) in [7, 11) is 0. The number of hydrogen-bond donors (Lipinski definition) is 1. The monoisotopic (exact) mass is 507 g/mol. The van der Waals surface area contributed by atoms with E-state index in [1.807, 2.05) is 77.1 Å². The molecular formula is C29H37N3O5. The maximum absolute atomic E-state index is 13.3. The summed E-state index contributed by atoms with van der Waals surface area (Å²) in [5.41, 5.74) is 2.20. The number of aromatic nitrogens is 2. The molecule has 0 aliphatic carbocycles. The summed E-state index contributed by atoms with van der Waals surface area (Å²) in [5, 5.41) is 0.889. The van der Waals surface area contributed by atoms with Crippen molar-refractivity contribution in [3.05, 3.63) is 59.3 Å². The topological polar surface area (TPSA) is 93.8 Å². The minimum absolute atomic E-state index is 0.140. The lowest BCUT2D eigenvalue weighted by Gasteiger charge is -2.32. The number of rotatable bonds is 5. The number of carbonyl (C=O) groups is 2. The number of ether oxygens (including phenoxy) is 3. The summed E-state index contributed by atoms with van der Waals surface area (Å²) in [6, 6.07) is 13.7. The van der Waals surface area contributed by atoms with Crippen LogP contribution < -0.4 is 4.74 Å². The van der Waals surface area contributed by atoms with E-state index in [0.717, 1.165) is 16.5 Å². The van der Waals surface area contributed by atoms with Gasteiger partial charge in [0.2, 0.25) is 5.88 Å². The summed E-state index contributed by atoms with van der Waals surface area (Å²) in [4.78, 5) is 36.2. The van der Waals surface area contributed by atoms with Crippen LogP contribution in [-0.4, -0.2) is 51.7 Å². The summed E-state index contributed by atoms with van der Waals surface area (Å²) >= 11 is 0. The van der Waals surface area contributed by atoms with Gasteiger partial charge in [-0.1, -0.05) is 44.2 Å². The Balaban J connectivity index is 1.73. The second-order valence-electron chi connectivity index (χ2n) is 11.5. The number of hydrogen-bond acceptors (Lipinski definition) is 6. The minimum Gasteiger partial charge on any atom is -0.473 e. The Labute approximate surface area is 218 Å². The molecule has 0 saturated carbocycles. The lowest BCUT2D eigenvalue weighted by molar-refractivity contribution is -0.149. The number of carbonyl (C=O) groups excluding carboxylic acids is 2. The van der Waals surface area contributed by atoms with Crippen LogP contribution in [0.5, 0.6) is 5.88 Å². The van der Waals surface area contributed by atoms with E-state index in [2.05, 4.69) is 18.8 Å². The molecule has 4 rings (SSSR count). The number of esters is 1. The molecule has 1 aliphatic rings. The first-order chi connectivity index (χ1) is 17.3. The minimum atomic E-state index is -0.713. The first-order valence-corrected chi connectivity index (χ1v) is 12.7. The standard InChI is InChI=1S/C29H37N3O5/c1-18(2)36-26(33)21-15-32(27(34)37-28(3,4)5)17-29(6,7)23-20-13-14-22(30-25(20)31-24(21)23)35-16-19-11-9-8-10-12-19/h8-14,18,21H,15-17H2,1-7H3,(H,30,31). The number of fused-ring (bicyclic) bond motifs is 3.